The first-order valence-corrected chi connectivity index (χ1v) is 5.67. The average Bonchev–Trinajstić information content (AvgIpc) is 2.26. The molecule has 1 aromatic carbocycles. The molecule has 2 N–H and O–H groups in total. The minimum absolute atomic E-state index is 0.212. The van der Waals surface area contributed by atoms with Crippen LogP contribution >= 0.6 is 11.6 Å². The Hall–Kier alpha value is -1.26. The predicted molar refractivity (Wildman–Crippen MR) is 67.2 cm³/mol. The summed E-state index contributed by atoms with van der Waals surface area (Å²) in [6.07, 6.45) is 0.436. The Bertz CT molecular complexity index is 395. The number of hydrogen-bond donors (Lipinski definition) is 1. The van der Waals surface area contributed by atoms with Crippen LogP contribution in [0.4, 0.5) is 5.69 Å². The Morgan fingerprint density at radius 3 is 2.82 bits per heavy atom. The number of esters is 1. The second kappa shape index (κ2) is 6.47. The summed E-state index contributed by atoms with van der Waals surface area (Å²) in [6, 6.07) is 4.70. The summed E-state index contributed by atoms with van der Waals surface area (Å²) in [5.41, 5.74) is 6.38. The second-order valence-corrected chi connectivity index (χ2v) is 4.14. The molecule has 0 aliphatic carbocycles. The highest BCUT2D eigenvalue weighted by atomic mass is 35.5. The van der Waals surface area contributed by atoms with E-state index < -0.39 is 5.97 Å². The van der Waals surface area contributed by atoms with Crippen molar-refractivity contribution in [3.8, 4) is 0 Å². The third kappa shape index (κ3) is 4.24. The number of carbonyl (C=O) groups excluding carboxylic acids is 1. The largest absolute Gasteiger partial charge is 0.459 e. The van der Waals surface area contributed by atoms with Crippen molar-refractivity contribution in [1.29, 1.82) is 0 Å². The summed E-state index contributed by atoms with van der Waals surface area (Å²) < 4.78 is 10.1. The molecule has 5 heteroatoms. The third-order valence-corrected chi connectivity index (χ3v) is 2.56. The van der Waals surface area contributed by atoms with Gasteiger partial charge in [-0.1, -0.05) is 11.6 Å². The molecule has 0 saturated carbocycles. The number of nitrogens with two attached hydrogens (primary N) is 1. The van der Waals surface area contributed by atoms with Crippen molar-refractivity contribution >= 4 is 23.3 Å². The summed E-state index contributed by atoms with van der Waals surface area (Å²) in [7, 11) is 1.60. The van der Waals surface area contributed by atoms with Gasteiger partial charge < -0.3 is 15.2 Å². The van der Waals surface area contributed by atoms with Crippen LogP contribution in [-0.4, -0.2) is 25.8 Å². The normalized spacial score (nSPS) is 12.2. The first-order valence-electron chi connectivity index (χ1n) is 5.29. The lowest BCUT2D eigenvalue weighted by atomic mass is 10.2. The fourth-order valence-electron chi connectivity index (χ4n) is 1.29. The molecule has 0 radical (unpaired) electrons. The van der Waals surface area contributed by atoms with E-state index in [0.29, 0.717) is 29.3 Å². The number of halogens is 1. The smallest absolute Gasteiger partial charge is 0.339 e. The monoisotopic (exact) mass is 257 g/mol. The first-order chi connectivity index (χ1) is 8.04. The number of anilines is 1. The summed E-state index contributed by atoms with van der Waals surface area (Å²) in [5.74, 6) is -0.446. The molecule has 1 rings (SSSR count). The van der Waals surface area contributed by atoms with Crippen molar-refractivity contribution in [2.75, 3.05) is 19.5 Å². The van der Waals surface area contributed by atoms with Crippen LogP contribution < -0.4 is 5.73 Å². The van der Waals surface area contributed by atoms with E-state index in [0.717, 1.165) is 0 Å². The summed E-state index contributed by atoms with van der Waals surface area (Å²) in [5, 5.41) is 0.300. The van der Waals surface area contributed by atoms with Crippen LogP contribution in [0.5, 0.6) is 0 Å². The van der Waals surface area contributed by atoms with E-state index in [1.807, 2.05) is 6.92 Å². The highest BCUT2D eigenvalue weighted by Gasteiger charge is 2.15. The molecule has 0 aliphatic heterocycles. The van der Waals surface area contributed by atoms with Crippen LogP contribution in [-0.2, 0) is 9.47 Å². The number of nitrogen functional groups attached to an aromatic ring is 1. The van der Waals surface area contributed by atoms with Gasteiger partial charge in [0.2, 0.25) is 0 Å². The molecule has 94 valence electrons. The standard InChI is InChI=1S/C12H16ClNO3/c1-8(5-6-16-2)17-12(15)10-4-3-9(14)7-11(10)13/h3-4,7-8H,5-6,14H2,1-2H3. The van der Waals surface area contributed by atoms with E-state index in [4.69, 9.17) is 26.8 Å². The number of ether oxygens (including phenoxy) is 2. The number of rotatable bonds is 5. The van der Waals surface area contributed by atoms with E-state index in [1.54, 1.807) is 19.2 Å². The highest BCUT2D eigenvalue weighted by Crippen LogP contribution is 2.20. The van der Waals surface area contributed by atoms with E-state index in [-0.39, 0.29) is 6.10 Å². The second-order valence-electron chi connectivity index (χ2n) is 3.74. The van der Waals surface area contributed by atoms with Crippen molar-refractivity contribution in [2.24, 2.45) is 0 Å². The van der Waals surface area contributed by atoms with Gasteiger partial charge in [-0.25, -0.2) is 4.79 Å². The summed E-state index contributed by atoms with van der Waals surface area (Å²) in [4.78, 5) is 11.8. The molecule has 0 amide bonds. The van der Waals surface area contributed by atoms with Crippen LogP contribution in [0.2, 0.25) is 5.02 Å². The molecule has 4 nitrogen and oxygen atoms in total. The predicted octanol–water partition coefficient (Wildman–Crippen LogP) is 2.50. The Balaban J connectivity index is 2.63. The molecule has 0 saturated heterocycles. The molecule has 1 unspecified atom stereocenters. The van der Waals surface area contributed by atoms with Gasteiger partial charge in [-0.05, 0) is 25.1 Å². The average molecular weight is 258 g/mol. The lowest BCUT2D eigenvalue weighted by molar-refractivity contribution is 0.0267. The highest BCUT2D eigenvalue weighted by molar-refractivity contribution is 6.33. The molecular weight excluding hydrogens is 242 g/mol. The summed E-state index contributed by atoms with van der Waals surface area (Å²) in [6.45, 7) is 2.35. The van der Waals surface area contributed by atoms with Gasteiger partial charge in [-0.15, -0.1) is 0 Å². The maximum Gasteiger partial charge on any atom is 0.339 e. The lowest BCUT2D eigenvalue weighted by Gasteiger charge is -2.13. The molecule has 0 bridgehead atoms. The van der Waals surface area contributed by atoms with Crippen molar-refractivity contribution in [1.82, 2.24) is 0 Å². The molecule has 1 atom stereocenters. The van der Waals surface area contributed by atoms with Gasteiger partial charge in [0.15, 0.2) is 0 Å². The van der Waals surface area contributed by atoms with E-state index in [2.05, 4.69) is 0 Å². The van der Waals surface area contributed by atoms with Crippen LogP contribution in [0, 0.1) is 0 Å². The fraction of sp³-hybridized carbons (Fsp3) is 0.417. The molecule has 17 heavy (non-hydrogen) atoms. The molecular formula is C12H16ClNO3. The van der Waals surface area contributed by atoms with Crippen LogP contribution in [0.15, 0.2) is 18.2 Å². The van der Waals surface area contributed by atoms with Gasteiger partial charge in [0.05, 0.1) is 10.6 Å². The van der Waals surface area contributed by atoms with Crippen molar-refractivity contribution < 1.29 is 14.3 Å². The SMILES string of the molecule is COCCC(C)OC(=O)c1ccc(N)cc1Cl. The molecule has 0 aromatic heterocycles. The fourth-order valence-corrected chi connectivity index (χ4v) is 1.55. The Morgan fingerprint density at radius 1 is 1.53 bits per heavy atom. The van der Waals surface area contributed by atoms with Crippen molar-refractivity contribution in [2.45, 2.75) is 19.4 Å². The van der Waals surface area contributed by atoms with Crippen LogP contribution in [0.3, 0.4) is 0 Å². The van der Waals surface area contributed by atoms with Crippen LogP contribution in [0.25, 0.3) is 0 Å². The van der Waals surface area contributed by atoms with E-state index >= 15 is 0 Å². The summed E-state index contributed by atoms with van der Waals surface area (Å²) >= 11 is 5.91. The third-order valence-electron chi connectivity index (χ3n) is 2.25. The van der Waals surface area contributed by atoms with Gasteiger partial charge in [-0.2, -0.15) is 0 Å². The number of carbonyl (C=O) groups is 1. The topological polar surface area (TPSA) is 61.5 Å². The van der Waals surface area contributed by atoms with Crippen molar-refractivity contribution in [3.05, 3.63) is 28.8 Å². The van der Waals surface area contributed by atoms with Crippen molar-refractivity contribution in [3.63, 3.8) is 0 Å². The van der Waals surface area contributed by atoms with Crippen LogP contribution in [0.1, 0.15) is 23.7 Å². The zero-order valence-electron chi connectivity index (χ0n) is 9.90. The minimum Gasteiger partial charge on any atom is -0.459 e. The minimum atomic E-state index is -0.446. The quantitative estimate of drug-likeness (QED) is 0.650. The number of hydrogen-bond acceptors (Lipinski definition) is 4. The number of benzene rings is 1. The van der Waals surface area contributed by atoms with Gasteiger partial charge >= 0.3 is 5.97 Å². The molecule has 0 spiro atoms. The molecule has 1 aromatic rings. The maximum absolute atomic E-state index is 11.8. The zero-order valence-corrected chi connectivity index (χ0v) is 10.7. The maximum atomic E-state index is 11.8. The van der Waals surface area contributed by atoms with Gasteiger partial charge in [0.1, 0.15) is 6.10 Å². The van der Waals surface area contributed by atoms with Gasteiger partial charge in [0, 0.05) is 25.8 Å². The Morgan fingerprint density at radius 2 is 2.24 bits per heavy atom. The molecule has 0 heterocycles. The molecule has 0 aliphatic rings. The first kappa shape index (κ1) is 13.8. The zero-order chi connectivity index (χ0) is 12.8. The van der Waals surface area contributed by atoms with E-state index in [9.17, 15) is 4.79 Å². The van der Waals surface area contributed by atoms with Gasteiger partial charge in [0.25, 0.3) is 0 Å². The Kier molecular flexibility index (Phi) is 5.25. The molecule has 0 fully saturated rings. The van der Waals surface area contributed by atoms with E-state index in [1.165, 1.54) is 6.07 Å². The lowest BCUT2D eigenvalue weighted by Crippen LogP contribution is -2.17. The van der Waals surface area contributed by atoms with Gasteiger partial charge in [-0.3, -0.25) is 0 Å². The number of methoxy groups -OCH3 is 1. The Labute approximate surface area is 106 Å².